The second-order valence-corrected chi connectivity index (χ2v) is 4.72. The Morgan fingerprint density at radius 3 is 1.45 bits per heavy atom. The summed E-state index contributed by atoms with van der Waals surface area (Å²) in [5, 5.41) is 3.11. The topological polar surface area (TPSA) is 47.9 Å². The highest BCUT2D eigenvalue weighted by Gasteiger charge is 2.33. The van der Waals surface area contributed by atoms with E-state index < -0.39 is 5.00 Å². The Kier molecular flexibility index (Phi) is 4.25. The predicted octanol–water partition coefficient (Wildman–Crippen LogP) is 3.91. The summed E-state index contributed by atoms with van der Waals surface area (Å²) in [4.78, 5) is 9.83. The molecule has 0 saturated heterocycles. The smallest absolute Gasteiger partial charge is 0.225 e. The molecule has 0 aliphatic rings. The van der Waals surface area contributed by atoms with Crippen LogP contribution in [0.5, 0.6) is 11.5 Å². The van der Waals surface area contributed by atoms with Gasteiger partial charge in [0.2, 0.25) is 5.00 Å². The van der Waals surface area contributed by atoms with E-state index in [2.05, 4.69) is 5.18 Å². The first-order valence-electron chi connectivity index (χ1n) is 5.96. The number of methoxy groups -OCH3 is 2. The quantitative estimate of drug-likeness (QED) is 0.477. The Balaban J connectivity index is 2.42. The molecular weight excluding hydrogens is 278 g/mol. The van der Waals surface area contributed by atoms with Crippen LogP contribution in [0.15, 0.2) is 53.7 Å². The van der Waals surface area contributed by atoms with Gasteiger partial charge in [-0.2, -0.15) is 0 Å². The van der Waals surface area contributed by atoms with Crippen molar-refractivity contribution >= 4 is 11.6 Å². The molecule has 0 aliphatic heterocycles. The molecule has 0 radical (unpaired) electrons. The van der Waals surface area contributed by atoms with Crippen LogP contribution in [-0.4, -0.2) is 14.2 Å². The first kappa shape index (κ1) is 14.3. The summed E-state index contributed by atoms with van der Waals surface area (Å²) in [6.07, 6.45) is 0. The van der Waals surface area contributed by atoms with Crippen molar-refractivity contribution in [2.24, 2.45) is 5.18 Å². The lowest BCUT2D eigenvalue weighted by Crippen LogP contribution is -2.16. The minimum absolute atomic E-state index is 0.583. The van der Waals surface area contributed by atoms with E-state index in [1.807, 2.05) is 0 Å². The van der Waals surface area contributed by atoms with Crippen LogP contribution in [0.1, 0.15) is 11.1 Å². The second kappa shape index (κ2) is 5.92. The first-order chi connectivity index (χ1) is 9.63. The number of hydrogen-bond donors (Lipinski definition) is 0. The molecule has 2 rings (SSSR count). The van der Waals surface area contributed by atoms with Gasteiger partial charge < -0.3 is 9.47 Å². The van der Waals surface area contributed by atoms with E-state index >= 15 is 0 Å². The van der Waals surface area contributed by atoms with Crippen molar-refractivity contribution in [2.45, 2.75) is 5.00 Å². The van der Waals surface area contributed by atoms with Gasteiger partial charge in [-0.05, 0) is 29.4 Å². The van der Waals surface area contributed by atoms with E-state index in [9.17, 15) is 4.91 Å². The minimum atomic E-state index is -1.46. The third-order valence-electron chi connectivity index (χ3n) is 3.07. The van der Waals surface area contributed by atoms with Crippen LogP contribution in [0, 0.1) is 4.91 Å². The van der Waals surface area contributed by atoms with Crippen LogP contribution in [0.3, 0.4) is 0 Å². The Hall–Kier alpha value is -2.07. The molecule has 5 heteroatoms. The molecule has 0 amide bonds. The molecular formula is C15H14ClNO3. The third kappa shape index (κ3) is 2.60. The van der Waals surface area contributed by atoms with Gasteiger partial charge in [0, 0.05) is 11.1 Å². The number of nitrogens with zero attached hydrogens (tertiary/aromatic N) is 1. The van der Waals surface area contributed by atoms with E-state index in [4.69, 9.17) is 21.1 Å². The van der Waals surface area contributed by atoms with Crippen molar-refractivity contribution in [2.75, 3.05) is 14.2 Å². The number of ether oxygens (including phenoxy) is 2. The zero-order chi connectivity index (χ0) is 14.6. The largest absolute Gasteiger partial charge is 0.497 e. The van der Waals surface area contributed by atoms with Crippen molar-refractivity contribution in [1.29, 1.82) is 0 Å². The molecule has 0 spiro atoms. The molecule has 0 aliphatic carbocycles. The Labute approximate surface area is 122 Å². The zero-order valence-corrected chi connectivity index (χ0v) is 11.9. The minimum Gasteiger partial charge on any atom is -0.497 e. The number of alkyl halides is 1. The van der Waals surface area contributed by atoms with E-state index in [1.54, 1.807) is 62.8 Å². The van der Waals surface area contributed by atoms with Gasteiger partial charge in [0.25, 0.3) is 0 Å². The molecule has 0 aromatic heterocycles. The highest BCUT2D eigenvalue weighted by Crippen LogP contribution is 2.39. The van der Waals surface area contributed by atoms with Crippen molar-refractivity contribution in [1.82, 2.24) is 0 Å². The van der Waals surface area contributed by atoms with Gasteiger partial charge in [0.15, 0.2) is 0 Å². The van der Waals surface area contributed by atoms with Crippen molar-refractivity contribution in [3.63, 3.8) is 0 Å². The molecule has 0 N–H and O–H groups in total. The first-order valence-corrected chi connectivity index (χ1v) is 6.34. The maximum absolute atomic E-state index is 11.3. The highest BCUT2D eigenvalue weighted by molar-refractivity contribution is 6.25. The molecule has 0 fully saturated rings. The lowest BCUT2D eigenvalue weighted by molar-refractivity contribution is 0.414. The van der Waals surface area contributed by atoms with Gasteiger partial charge >= 0.3 is 0 Å². The Morgan fingerprint density at radius 2 is 1.20 bits per heavy atom. The van der Waals surface area contributed by atoms with Crippen LogP contribution in [0.2, 0.25) is 0 Å². The maximum atomic E-state index is 11.3. The molecule has 0 atom stereocenters. The Morgan fingerprint density at radius 1 is 0.850 bits per heavy atom. The number of rotatable bonds is 5. The standard InChI is InChI=1S/C15H14ClNO3/c1-19-13-7-3-11(4-8-13)15(16,17-18)12-5-9-14(20-2)10-6-12/h3-10H,1-2H3. The molecule has 104 valence electrons. The van der Waals surface area contributed by atoms with Gasteiger partial charge in [0.05, 0.1) is 14.2 Å². The van der Waals surface area contributed by atoms with Crippen LogP contribution in [0.4, 0.5) is 0 Å². The highest BCUT2D eigenvalue weighted by atomic mass is 35.5. The van der Waals surface area contributed by atoms with E-state index in [1.165, 1.54) is 0 Å². The molecule has 0 unspecified atom stereocenters. The second-order valence-electron chi connectivity index (χ2n) is 4.17. The number of nitroso groups, excluding NO2 is 1. The van der Waals surface area contributed by atoms with Gasteiger partial charge in [-0.15, -0.1) is 4.91 Å². The van der Waals surface area contributed by atoms with E-state index in [-0.39, 0.29) is 0 Å². The molecule has 2 aromatic rings. The molecule has 0 saturated carbocycles. The zero-order valence-electron chi connectivity index (χ0n) is 11.2. The average molecular weight is 292 g/mol. The molecule has 0 bridgehead atoms. The summed E-state index contributed by atoms with van der Waals surface area (Å²) >= 11 is 6.40. The predicted molar refractivity (Wildman–Crippen MR) is 78.4 cm³/mol. The summed E-state index contributed by atoms with van der Waals surface area (Å²) in [6.45, 7) is 0. The molecule has 4 nitrogen and oxygen atoms in total. The normalized spacial score (nSPS) is 10.9. The monoisotopic (exact) mass is 291 g/mol. The van der Waals surface area contributed by atoms with E-state index in [0.29, 0.717) is 22.6 Å². The molecule has 20 heavy (non-hydrogen) atoms. The summed E-state index contributed by atoms with van der Waals surface area (Å²) in [5.41, 5.74) is 1.17. The summed E-state index contributed by atoms with van der Waals surface area (Å²) in [6, 6.07) is 13.8. The van der Waals surface area contributed by atoms with Crippen molar-refractivity contribution < 1.29 is 9.47 Å². The lowest BCUT2D eigenvalue weighted by atomic mass is 9.98. The van der Waals surface area contributed by atoms with Gasteiger partial charge in [-0.25, -0.2) is 0 Å². The van der Waals surface area contributed by atoms with Crippen LogP contribution in [0.25, 0.3) is 0 Å². The van der Waals surface area contributed by atoms with Gasteiger partial charge in [-0.1, -0.05) is 35.9 Å². The number of benzene rings is 2. The third-order valence-corrected chi connectivity index (χ3v) is 3.58. The number of hydrogen-bond acceptors (Lipinski definition) is 4. The summed E-state index contributed by atoms with van der Waals surface area (Å²) in [7, 11) is 3.15. The average Bonchev–Trinajstić information content (AvgIpc) is 2.54. The summed E-state index contributed by atoms with van der Waals surface area (Å²) in [5.74, 6) is 1.38. The van der Waals surface area contributed by atoms with Crippen LogP contribution >= 0.6 is 11.6 Å². The molecule has 2 aromatic carbocycles. The van der Waals surface area contributed by atoms with Crippen LogP contribution in [-0.2, 0) is 5.00 Å². The Bertz CT molecular complexity index is 534. The fourth-order valence-electron chi connectivity index (χ4n) is 1.90. The van der Waals surface area contributed by atoms with Gasteiger partial charge in [-0.3, -0.25) is 0 Å². The molecule has 0 heterocycles. The van der Waals surface area contributed by atoms with Crippen molar-refractivity contribution in [3.05, 3.63) is 64.6 Å². The van der Waals surface area contributed by atoms with E-state index in [0.717, 1.165) is 0 Å². The SMILES string of the molecule is COc1ccc(C(Cl)(N=O)c2ccc(OC)cc2)cc1. The maximum Gasteiger partial charge on any atom is 0.225 e. The number of halogens is 1. The van der Waals surface area contributed by atoms with Crippen molar-refractivity contribution in [3.8, 4) is 11.5 Å². The van der Waals surface area contributed by atoms with Crippen LogP contribution < -0.4 is 9.47 Å². The van der Waals surface area contributed by atoms with Gasteiger partial charge in [0.1, 0.15) is 11.5 Å². The lowest BCUT2D eigenvalue weighted by Gasteiger charge is -2.20. The fourth-order valence-corrected chi connectivity index (χ4v) is 2.15. The summed E-state index contributed by atoms with van der Waals surface area (Å²) < 4.78 is 10.2. The fraction of sp³-hybridized carbons (Fsp3) is 0.200.